The van der Waals surface area contributed by atoms with Crippen molar-refractivity contribution in [1.82, 2.24) is 14.7 Å². The van der Waals surface area contributed by atoms with Gasteiger partial charge in [-0.2, -0.15) is 0 Å². The Hall–Kier alpha value is -1.24. The van der Waals surface area contributed by atoms with Crippen LogP contribution in [0.1, 0.15) is 156 Å². The second-order valence-corrected chi connectivity index (χ2v) is 18.8. The van der Waals surface area contributed by atoms with E-state index in [4.69, 9.17) is 9.47 Å². The Morgan fingerprint density at radius 2 is 0.868 bits per heavy atom. The zero-order valence-electron chi connectivity index (χ0n) is 38.5. The normalized spacial score (nSPS) is 21.1. The van der Waals surface area contributed by atoms with E-state index < -0.39 is 0 Å². The van der Waals surface area contributed by atoms with Gasteiger partial charge in [0, 0.05) is 70.2 Å². The van der Waals surface area contributed by atoms with Crippen molar-refractivity contribution in [3.8, 4) is 0 Å². The summed E-state index contributed by atoms with van der Waals surface area (Å²) in [5, 5.41) is 0. The zero-order valence-corrected chi connectivity index (χ0v) is 38.5. The van der Waals surface area contributed by atoms with E-state index in [1.54, 1.807) is 22.3 Å². The highest BCUT2D eigenvalue weighted by molar-refractivity contribution is 5.13. The van der Waals surface area contributed by atoms with Gasteiger partial charge >= 0.3 is 0 Å². The molecule has 0 aromatic rings. The molecule has 0 aromatic carbocycles. The van der Waals surface area contributed by atoms with Gasteiger partial charge in [0.05, 0.1) is 13.2 Å². The van der Waals surface area contributed by atoms with Gasteiger partial charge in [0.15, 0.2) is 5.79 Å². The average Bonchev–Trinajstić information content (AvgIpc) is 3.56. The molecule has 0 aromatic heterocycles. The molecule has 5 aliphatic rings. The van der Waals surface area contributed by atoms with Gasteiger partial charge in [0.1, 0.15) is 0 Å². The van der Waals surface area contributed by atoms with Crippen LogP contribution in [0.3, 0.4) is 0 Å². The van der Waals surface area contributed by atoms with Crippen LogP contribution in [-0.4, -0.2) is 91.1 Å². The molecule has 1 fully saturated rings. The summed E-state index contributed by atoms with van der Waals surface area (Å²) in [6.45, 7) is 47.2. The predicted molar refractivity (Wildman–Crippen MR) is 235 cm³/mol. The van der Waals surface area contributed by atoms with Gasteiger partial charge in [-0.15, -0.1) is 0 Å². The molecule has 1 saturated heterocycles. The van der Waals surface area contributed by atoms with Crippen molar-refractivity contribution >= 4 is 0 Å². The largest absolute Gasteiger partial charge is 0.347 e. The zero-order chi connectivity index (χ0) is 40.3. The first kappa shape index (κ1) is 49.8. The lowest BCUT2D eigenvalue weighted by molar-refractivity contribution is -0.161. The number of ether oxygens (including phenoxy) is 2. The van der Waals surface area contributed by atoms with Crippen molar-refractivity contribution in [1.29, 1.82) is 0 Å². The first-order chi connectivity index (χ1) is 24.8. The van der Waals surface area contributed by atoms with Crippen LogP contribution in [-0.2, 0) is 9.47 Å². The lowest BCUT2D eigenvalue weighted by atomic mass is 9.88. The van der Waals surface area contributed by atoms with Crippen molar-refractivity contribution in [2.45, 2.75) is 180 Å². The number of hydrogen-bond donors (Lipinski definition) is 0. The molecule has 53 heavy (non-hydrogen) atoms. The lowest BCUT2D eigenvalue weighted by Crippen LogP contribution is -2.36. The Kier molecular flexibility index (Phi) is 24.3. The molecule has 0 unspecified atom stereocenters. The fraction of sp³-hybridized carbons (Fsp3) is 0.833. The van der Waals surface area contributed by atoms with Gasteiger partial charge in [-0.3, -0.25) is 14.7 Å². The smallest absolute Gasteiger partial charge is 0.172 e. The monoisotopic (exact) mass is 742 g/mol. The van der Waals surface area contributed by atoms with Crippen LogP contribution in [0.25, 0.3) is 0 Å². The van der Waals surface area contributed by atoms with E-state index in [0.29, 0.717) is 24.0 Å². The Morgan fingerprint density at radius 1 is 0.472 bits per heavy atom. The molecule has 0 radical (unpaired) electrons. The van der Waals surface area contributed by atoms with Crippen molar-refractivity contribution in [2.75, 3.05) is 52.5 Å². The summed E-state index contributed by atoms with van der Waals surface area (Å²) in [5.41, 5.74) is 6.47. The molecule has 0 saturated carbocycles. The van der Waals surface area contributed by atoms with E-state index in [-0.39, 0.29) is 5.79 Å². The van der Waals surface area contributed by atoms with Crippen LogP contribution in [0, 0.1) is 29.6 Å². The topological polar surface area (TPSA) is 28.2 Å². The third-order valence-electron chi connectivity index (χ3n) is 11.2. The summed E-state index contributed by atoms with van der Waals surface area (Å²) in [6, 6.07) is 2.11. The van der Waals surface area contributed by atoms with Crippen LogP contribution in [0.4, 0.5) is 0 Å². The van der Waals surface area contributed by atoms with Crippen molar-refractivity contribution in [3.63, 3.8) is 0 Å². The van der Waals surface area contributed by atoms with E-state index >= 15 is 0 Å². The van der Waals surface area contributed by atoms with Crippen molar-refractivity contribution < 1.29 is 9.47 Å². The fourth-order valence-corrected chi connectivity index (χ4v) is 7.15. The molecular weight excluding hydrogens is 651 g/mol. The molecule has 0 atom stereocenters. The van der Waals surface area contributed by atoms with Crippen LogP contribution < -0.4 is 0 Å². The van der Waals surface area contributed by atoms with Crippen molar-refractivity contribution in [3.05, 3.63) is 46.6 Å². The molecule has 0 N–H and O–H groups in total. The Balaban J connectivity index is 0.000000342. The molecule has 1 spiro atoms. The van der Waals surface area contributed by atoms with Gasteiger partial charge in [0.2, 0.25) is 0 Å². The highest BCUT2D eigenvalue weighted by Gasteiger charge is 2.37. The maximum atomic E-state index is 5.64. The molecule has 1 aliphatic carbocycles. The van der Waals surface area contributed by atoms with E-state index in [1.165, 1.54) is 45.4 Å². The molecule has 4 aliphatic heterocycles. The summed E-state index contributed by atoms with van der Waals surface area (Å²) >= 11 is 0. The lowest BCUT2D eigenvalue weighted by Gasteiger charge is -2.32. The third kappa shape index (κ3) is 20.0. The fourth-order valence-electron chi connectivity index (χ4n) is 7.15. The molecule has 5 nitrogen and oxygen atoms in total. The summed E-state index contributed by atoms with van der Waals surface area (Å²) in [4.78, 5) is 7.59. The Labute approximate surface area is 332 Å². The van der Waals surface area contributed by atoms with Crippen LogP contribution >= 0.6 is 0 Å². The predicted octanol–water partition coefficient (Wildman–Crippen LogP) is 12.2. The molecule has 0 amide bonds. The van der Waals surface area contributed by atoms with Gasteiger partial charge in [-0.25, -0.2) is 0 Å². The Bertz CT molecular complexity index is 1060. The van der Waals surface area contributed by atoms with E-state index in [2.05, 4.69) is 157 Å². The van der Waals surface area contributed by atoms with Gasteiger partial charge in [-0.1, -0.05) is 123 Å². The Morgan fingerprint density at radius 3 is 1.17 bits per heavy atom. The molecule has 5 rings (SSSR count). The number of nitrogens with zero attached hydrogens (tertiary/aromatic N) is 3. The average molecular weight is 742 g/mol. The summed E-state index contributed by atoms with van der Waals surface area (Å²) in [5.74, 6) is 3.50. The first-order valence-corrected chi connectivity index (χ1v) is 22.0. The second kappa shape index (κ2) is 25.8. The maximum Gasteiger partial charge on any atom is 0.172 e. The minimum atomic E-state index is -0.238. The van der Waals surface area contributed by atoms with Crippen molar-refractivity contribution in [2.24, 2.45) is 29.6 Å². The number of hydrogen-bond acceptors (Lipinski definition) is 5. The van der Waals surface area contributed by atoms with E-state index in [1.807, 2.05) is 0 Å². The minimum Gasteiger partial charge on any atom is -0.347 e. The van der Waals surface area contributed by atoms with E-state index in [0.717, 1.165) is 69.2 Å². The number of rotatable bonds is 7. The third-order valence-corrected chi connectivity index (χ3v) is 11.2. The van der Waals surface area contributed by atoms with Gasteiger partial charge in [0.25, 0.3) is 0 Å². The van der Waals surface area contributed by atoms with Gasteiger partial charge < -0.3 is 9.47 Å². The van der Waals surface area contributed by atoms with Crippen LogP contribution in [0.2, 0.25) is 0 Å². The first-order valence-electron chi connectivity index (χ1n) is 22.0. The molecule has 310 valence electrons. The standard InChI is InChI=1S/3C11H21N.C11H18O2.C4H10/c2*1-9(2)11-5-7-12(8-6-11)10(3)4;1-9(2)11-6-5-7-12(8-11)10(3)4;1-9(2)10-3-5-11(6-4-10)12-7-8-13-11;1-4(2)3/h2*5,9-10H,6-8H2,1-4H3;6,9-10H,5,7-8H2,1-4H3;3,9H,4-8H2,1-2H3;4H,1-3H3. The SMILES string of the molecule is CC(C)C.CC(C)C1=CCC2(CC1)OCCO2.CC(C)C1=CCCN(C(C)C)C1.CC(C)C1=CCN(C(C)C)CC1.CC(C)C1=CCN(C(C)C)CC1. The van der Waals surface area contributed by atoms with E-state index in [9.17, 15) is 0 Å². The van der Waals surface area contributed by atoms with Gasteiger partial charge in [-0.05, 0) is 96.8 Å². The quantitative estimate of drug-likeness (QED) is 0.242. The molecule has 4 heterocycles. The molecule has 5 heteroatoms. The number of allylic oxidation sites excluding steroid dienone is 1. The minimum absolute atomic E-state index is 0.238. The summed E-state index contributed by atoms with van der Waals surface area (Å²) in [6.07, 6.45) is 16.5. The summed E-state index contributed by atoms with van der Waals surface area (Å²) in [7, 11) is 0. The van der Waals surface area contributed by atoms with Crippen LogP contribution in [0.15, 0.2) is 46.6 Å². The summed E-state index contributed by atoms with van der Waals surface area (Å²) < 4.78 is 11.3. The molecule has 0 bridgehead atoms. The van der Waals surface area contributed by atoms with Crippen LogP contribution in [0.5, 0.6) is 0 Å². The second-order valence-electron chi connectivity index (χ2n) is 18.8. The molecular formula is C48H91N3O2. The maximum absolute atomic E-state index is 5.64. The highest BCUT2D eigenvalue weighted by atomic mass is 16.7. The highest BCUT2D eigenvalue weighted by Crippen LogP contribution is 2.36.